The van der Waals surface area contributed by atoms with Gasteiger partial charge in [-0.3, -0.25) is 0 Å². The SMILES string of the molecule is C(=C(c1ccccc1)[c-]1cccc1)=C(c1ccccc1)[c-]1cccc1.[Fe+2].[Fe+2].c1cc[cH-]c1.c1cc[cH-]c1. The zero-order chi connectivity index (χ0) is 24.0. The Labute approximate surface area is 242 Å². The van der Waals surface area contributed by atoms with Crippen LogP contribution in [0.4, 0.5) is 0 Å². The molecule has 0 saturated heterocycles. The van der Waals surface area contributed by atoms with E-state index in [2.05, 4.69) is 103 Å². The molecule has 0 aliphatic carbocycles. The van der Waals surface area contributed by atoms with E-state index in [9.17, 15) is 0 Å². The summed E-state index contributed by atoms with van der Waals surface area (Å²) in [6.07, 6.45) is 0. The smallest absolute Gasteiger partial charge is 0.216 e. The first-order chi connectivity index (χ1) is 17.4. The molecule has 37 heavy (non-hydrogen) atoms. The molecule has 0 aliphatic heterocycles. The molecule has 0 amide bonds. The van der Waals surface area contributed by atoms with Gasteiger partial charge < -0.3 is 0 Å². The third-order valence-corrected chi connectivity index (χ3v) is 5.39. The van der Waals surface area contributed by atoms with Crippen molar-refractivity contribution in [3.05, 3.63) is 198 Å². The van der Waals surface area contributed by atoms with Crippen molar-refractivity contribution in [2.45, 2.75) is 0 Å². The van der Waals surface area contributed by atoms with Gasteiger partial charge in [-0.05, 0) is 0 Å². The molecule has 0 fully saturated rings. The topological polar surface area (TPSA) is 0 Å². The quantitative estimate of drug-likeness (QED) is 0.115. The molecule has 0 radical (unpaired) electrons. The number of hydrogen-bond acceptors (Lipinski definition) is 0. The molecule has 6 aromatic carbocycles. The van der Waals surface area contributed by atoms with Crippen molar-refractivity contribution in [1.82, 2.24) is 0 Å². The summed E-state index contributed by atoms with van der Waals surface area (Å²) >= 11 is 0. The predicted octanol–water partition coefficient (Wildman–Crippen LogP) is 9.09. The summed E-state index contributed by atoms with van der Waals surface area (Å²) in [7, 11) is 0. The minimum atomic E-state index is 0. The van der Waals surface area contributed by atoms with Crippen molar-refractivity contribution >= 4 is 11.1 Å². The molecule has 6 rings (SSSR count). The molecule has 0 aromatic heterocycles. The molecule has 2 heteroatoms. The van der Waals surface area contributed by atoms with Crippen LogP contribution >= 0.6 is 0 Å². The fourth-order valence-electron chi connectivity index (χ4n) is 3.68. The van der Waals surface area contributed by atoms with Crippen LogP contribution in [0.3, 0.4) is 0 Å². The molecule has 0 bridgehead atoms. The van der Waals surface area contributed by atoms with Gasteiger partial charge in [0.25, 0.3) is 0 Å². The van der Waals surface area contributed by atoms with Gasteiger partial charge in [0, 0.05) is 0 Å². The molecule has 0 nitrogen and oxygen atoms in total. The number of hydrogen-bond donors (Lipinski definition) is 0. The molecule has 6 aromatic rings. The molecule has 0 saturated carbocycles. The fraction of sp³-hybridized carbons (Fsp3) is 0. The Hall–Kier alpha value is -3.60. The Morgan fingerprint density at radius 3 is 1.03 bits per heavy atom. The van der Waals surface area contributed by atoms with Crippen LogP contribution in [0.2, 0.25) is 0 Å². The normalized spacial score (nSPS) is 9.08. The van der Waals surface area contributed by atoms with Crippen LogP contribution < -0.4 is 0 Å². The van der Waals surface area contributed by atoms with E-state index in [0.717, 1.165) is 11.1 Å². The van der Waals surface area contributed by atoms with Crippen LogP contribution in [-0.4, -0.2) is 0 Å². The largest absolute Gasteiger partial charge is 2.00 e. The molecule has 0 N–H and O–H groups in total. The second-order valence-corrected chi connectivity index (χ2v) is 7.88. The molecular formula is C35H28Fe2. The van der Waals surface area contributed by atoms with Crippen LogP contribution in [0, 0.1) is 0 Å². The summed E-state index contributed by atoms with van der Waals surface area (Å²) in [4.78, 5) is 0. The summed E-state index contributed by atoms with van der Waals surface area (Å²) in [6.45, 7) is 0. The molecule has 184 valence electrons. The van der Waals surface area contributed by atoms with Crippen LogP contribution in [0.15, 0.2) is 176 Å². The minimum Gasteiger partial charge on any atom is -0.216 e. The van der Waals surface area contributed by atoms with Crippen molar-refractivity contribution in [3.8, 4) is 0 Å². The van der Waals surface area contributed by atoms with Gasteiger partial charge in [-0.2, -0.15) is 60.7 Å². The molecular weight excluding hydrogens is 532 g/mol. The molecule has 0 atom stereocenters. The zero-order valence-electron chi connectivity index (χ0n) is 20.4. The van der Waals surface area contributed by atoms with Gasteiger partial charge in [-0.25, -0.2) is 30.0 Å². The third kappa shape index (κ3) is 9.41. The van der Waals surface area contributed by atoms with Gasteiger partial charge in [-0.1, -0.05) is 94.1 Å². The van der Waals surface area contributed by atoms with E-state index in [1.54, 1.807) is 0 Å². The van der Waals surface area contributed by atoms with Crippen molar-refractivity contribution in [2.24, 2.45) is 0 Å². The van der Waals surface area contributed by atoms with E-state index >= 15 is 0 Å². The Morgan fingerprint density at radius 1 is 0.432 bits per heavy atom. The zero-order valence-corrected chi connectivity index (χ0v) is 22.6. The summed E-state index contributed by atoms with van der Waals surface area (Å²) in [5.41, 5.74) is 10.7. The van der Waals surface area contributed by atoms with Gasteiger partial charge >= 0.3 is 34.1 Å². The summed E-state index contributed by atoms with van der Waals surface area (Å²) in [5, 5.41) is 0. The fourth-order valence-corrected chi connectivity index (χ4v) is 3.68. The molecule has 0 aliphatic rings. The second-order valence-electron chi connectivity index (χ2n) is 7.88. The third-order valence-electron chi connectivity index (χ3n) is 5.39. The maximum atomic E-state index is 3.72. The number of rotatable bonds is 4. The predicted molar refractivity (Wildman–Crippen MR) is 150 cm³/mol. The van der Waals surface area contributed by atoms with E-state index in [0.29, 0.717) is 0 Å². The van der Waals surface area contributed by atoms with Crippen LogP contribution in [-0.2, 0) is 34.1 Å². The van der Waals surface area contributed by atoms with E-state index in [1.165, 1.54) is 22.3 Å². The van der Waals surface area contributed by atoms with E-state index < -0.39 is 0 Å². The van der Waals surface area contributed by atoms with Gasteiger partial charge in [0.05, 0.1) is 0 Å². The maximum absolute atomic E-state index is 3.72. The molecule has 0 spiro atoms. The van der Waals surface area contributed by atoms with E-state index in [1.807, 2.05) is 72.8 Å². The van der Waals surface area contributed by atoms with Gasteiger partial charge in [-0.15, -0.1) is 24.3 Å². The second kappa shape index (κ2) is 17.0. The molecule has 0 unspecified atom stereocenters. The number of benzene rings is 2. The Bertz CT molecular complexity index is 1220. The van der Waals surface area contributed by atoms with Crippen LogP contribution in [0.5, 0.6) is 0 Å². The first-order valence-electron chi connectivity index (χ1n) is 11.8. The monoisotopic (exact) mass is 560 g/mol. The van der Waals surface area contributed by atoms with Gasteiger partial charge in [0.2, 0.25) is 0 Å². The first kappa shape index (κ1) is 29.6. The van der Waals surface area contributed by atoms with Crippen molar-refractivity contribution in [2.75, 3.05) is 0 Å². The van der Waals surface area contributed by atoms with Gasteiger partial charge in [0.1, 0.15) is 0 Å². The van der Waals surface area contributed by atoms with E-state index in [-0.39, 0.29) is 34.1 Å². The Kier molecular flexibility index (Phi) is 13.6. The average molecular weight is 560 g/mol. The van der Waals surface area contributed by atoms with Crippen LogP contribution in [0.1, 0.15) is 22.3 Å². The maximum Gasteiger partial charge on any atom is 2.00 e. The van der Waals surface area contributed by atoms with Crippen molar-refractivity contribution < 1.29 is 34.1 Å². The minimum absolute atomic E-state index is 0. The Morgan fingerprint density at radius 2 is 0.757 bits per heavy atom. The van der Waals surface area contributed by atoms with Crippen molar-refractivity contribution in [3.63, 3.8) is 0 Å². The molecule has 0 heterocycles. The standard InChI is InChI=1S/C25H18.2C5H5.2Fe/c1-3-11-20(12-4-1)24(22-15-7-8-16-22)19-25(23-17-9-10-18-23)21-13-5-2-6-14-21;2*1-2-4-5-3-1;;/h1-18H;2*1-5H;;/q-2;2*-1;2*+2. The summed E-state index contributed by atoms with van der Waals surface area (Å²) < 4.78 is 0. The van der Waals surface area contributed by atoms with Gasteiger partial charge in [0.15, 0.2) is 0 Å². The van der Waals surface area contributed by atoms with Crippen molar-refractivity contribution in [1.29, 1.82) is 0 Å². The Balaban J connectivity index is 0.000000335. The summed E-state index contributed by atoms with van der Waals surface area (Å²) in [5.74, 6) is 0. The first-order valence-corrected chi connectivity index (χ1v) is 11.8. The average Bonchev–Trinajstić information content (AvgIpc) is 3.76. The summed E-state index contributed by atoms with van der Waals surface area (Å²) in [6, 6.07) is 57.8. The van der Waals surface area contributed by atoms with E-state index in [4.69, 9.17) is 0 Å². The van der Waals surface area contributed by atoms with Crippen LogP contribution in [0.25, 0.3) is 11.1 Å².